The van der Waals surface area contributed by atoms with Gasteiger partial charge in [-0.1, -0.05) is 18.2 Å². The van der Waals surface area contributed by atoms with Crippen LogP contribution in [0, 0.1) is 0 Å². The number of hydrogen-bond acceptors (Lipinski definition) is 4. The summed E-state index contributed by atoms with van der Waals surface area (Å²) in [6.07, 6.45) is -2.49. The Morgan fingerprint density at radius 3 is 2.68 bits per heavy atom. The first-order valence-electron chi connectivity index (χ1n) is 8.94. The van der Waals surface area contributed by atoms with Crippen LogP contribution in [0.4, 0.5) is 19.0 Å². The number of pyridine rings is 1. The molecule has 2 aromatic heterocycles. The number of amides is 1. The number of halogens is 3. The third kappa shape index (κ3) is 3.17. The van der Waals surface area contributed by atoms with Gasteiger partial charge in [0, 0.05) is 12.1 Å². The molecule has 1 aromatic carbocycles. The van der Waals surface area contributed by atoms with Crippen LogP contribution < -0.4 is 5.73 Å². The number of benzene rings is 1. The topological polar surface area (TPSA) is 87.9 Å². The van der Waals surface area contributed by atoms with Gasteiger partial charge in [0.05, 0.1) is 22.7 Å². The summed E-state index contributed by atoms with van der Waals surface area (Å²) in [7, 11) is 0. The first-order valence-corrected chi connectivity index (χ1v) is 8.94. The van der Waals surface area contributed by atoms with E-state index in [4.69, 9.17) is 5.73 Å². The molecule has 1 amide bonds. The average Bonchev–Trinajstić information content (AvgIpc) is 3.07. The van der Waals surface area contributed by atoms with Crippen molar-refractivity contribution in [2.75, 3.05) is 12.3 Å². The summed E-state index contributed by atoms with van der Waals surface area (Å²) in [5.41, 5.74) is 5.31. The van der Waals surface area contributed by atoms with Crippen LogP contribution in [0.1, 0.15) is 46.9 Å². The van der Waals surface area contributed by atoms with Crippen LogP contribution in [0.15, 0.2) is 36.4 Å². The highest BCUT2D eigenvalue weighted by Gasteiger charge is 2.37. The number of piperidine rings is 1. The van der Waals surface area contributed by atoms with E-state index in [-0.39, 0.29) is 28.5 Å². The molecule has 9 heteroatoms. The van der Waals surface area contributed by atoms with Gasteiger partial charge in [0.1, 0.15) is 5.82 Å². The maximum Gasteiger partial charge on any atom is 0.417 e. The van der Waals surface area contributed by atoms with Crippen LogP contribution >= 0.6 is 0 Å². The number of rotatable bonds is 2. The van der Waals surface area contributed by atoms with Crippen molar-refractivity contribution in [1.82, 2.24) is 20.1 Å². The second kappa shape index (κ2) is 6.81. The van der Waals surface area contributed by atoms with Crippen LogP contribution in [-0.4, -0.2) is 32.5 Å². The molecule has 0 unspecified atom stereocenters. The molecule has 0 spiro atoms. The number of likely N-dealkylation sites (tertiary alicyclic amines) is 1. The van der Waals surface area contributed by atoms with Crippen molar-refractivity contribution in [1.29, 1.82) is 0 Å². The van der Waals surface area contributed by atoms with Gasteiger partial charge in [0.2, 0.25) is 0 Å². The molecule has 3 heterocycles. The summed E-state index contributed by atoms with van der Waals surface area (Å²) >= 11 is 0. The Kier molecular flexibility index (Phi) is 4.44. The van der Waals surface area contributed by atoms with Gasteiger partial charge in [0.25, 0.3) is 5.91 Å². The highest BCUT2D eigenvalue weighted by molar-refractivity contribution is 5.94. The van der Waals surface area contributed by atoms with Crippen LogP contribution in [0.5, 0.6) is 0 Å². The van der Waals surface area contributed by atoms with Crippen molar-refractivity contribution in [3.05, 3.63) is 53.2 Å². The van der Waals surface area contributed by atoms with Crippen LogP contribution in [0.2, 0.25) is 0 Å². The lowest BCUT2D eigenvalue weighted by atomic mass is 9.96. The molecule has 146 valence electrons. The van der Waals surface area contributed by atoms with Gasteiger partial charge in [-0.3, -0.25) is 9.89 Å². The molecule has 0 aliphatic carbocycles. The molecule has 1 fully saturated rings. The van der Waals surface area contributed by atoms with Crippen molar-refractivity contribution in [3.63, 3.8) is 0 Å². The highest BCUT2D eigenvalue weighted by atomic mass is 19.4. The van der Waals surface area contributed by atoms with E-state index in [2.05, 4.69) is 15.2 Å². The number of aromatic nitrogens is 3. The Bertz CT molecular complexity index is 1020. The number of nitrogens with one attached hydrogen (secondary N) is 1. The lowest BCUT2D eigenvalue weighted by Crippen LogP contribution is -2.39. The molecule has 6 nitrogen and oxygen atoms in total. The second-order valence-electron chi connectivity index (χ2n) is 6.80. The minimum Gasteiger partial charge on any atom is -0.383 e. The first kappa shape index (κ1) is 18.3. The van der Waals surface area contributed by atoms with E-state index in [1.165, 1.54) is 0 Å². The largest absolute Gasteiger partial charge is 0.417 e. The quantitative estimate of drug-likeness (QED) is 0.695. The average molecular weight is 389 g/mol. The lowest BCUT2D eigenvalue weighted by Gasteiger charge is -2.35. The van der Waals surface area contributed by atoms with E-state index in [0.717, 1.165) is 18.9 Å². The van der Waals surface area contributed by atoms with E-state index in [9.17, 15) is 18.0 Å². The maximum atomic E-state index is 13.6. The fourth-order valence-electron chi connectivity index (χ4n) is 3.69. The molecule has 1 aliphatic rings. The van der Waals surface area contributed by atoms with Crippen LogP contribution in [0.25, 0.3) is 11.0 Å². The predicted molar refractivity (Wildman–Crippen MR) is 97.4 cm³/mol. The van der Waals surface area contributed by atoms with Crippen molar-refractivity contribution in [3.8, 4) is 0 Å². The molecule has 4 rings (SSSR count). The zero-order valence-corrected chi connectivity index (χ0v) is 14.8. The number of nitrogen functional groups attached to an aromatic ring is 1. The fourth-order valence-corrected chi connectivity index (χ4v) is 3.69. The summed E-state index contributed by atoms with van der Waals surface area (Å²) in [6, 6.07) is 9.15. The fraction of sp³-hybridized carbons (Fsp3) is 0.316. The summed E-state index contributed by atoms with van der Waals surface area (Å²) in [5, 5.41) is 5.93. The Balaban J connectivity index is 1.80. The number of carbonyl (C=O) groups excluding carboxylic acids is 1. The number of aromatic amines is 1. The number of nitrogens with zero attached hydrogens (tertiary/aromatic N) is 3. The van der Waals surface area contributed by atoms with Gasteiger partial charge >= 0.3 is 6.18 Å². The van der Waals surface area contributed by atoms with Gasteiger partial charge in [0.15, 0.2) is 5.65 Å². The summed E-state index contributed by atoms with van der Waals surface area (Å²) < 4.78 is 40.9. The third-order valence-corrected chi connectivity index (χ3v) is 5.00. The van der Waals surface area contributed by atoms with E-state index in [0.29, 0.717) is 18.5 Å². The number of carbonyl (C=O) groups is 1. The lowest BCUT2D eigenvalue weighted by molar-refractivity contribution is -0.136. The zero-order chi connectivity index (χ0) is 19.9. The zero-order valence-electron chi connectivity index (χ0n) is 14.8. The third-order valence-electron chi connectivity index (χ3n) is 5.00. The minimum absolute atomic E-state index is 0.0972. The maximum absolute atomic E-state index is 13.6. The Hall–Kier alpha value is -3.10. The number of alkyl halides is 3. The molecule has 1 aliphatic heterocycles. The van der Waals surface area contributed by atoms with Crippen molar-refractivity contribution < 1.29 is 18.0 Å². The Morgan fingerprint density at radius 2 is 1.96 bits per heavy atom. The number of H-pyrrole nitrogens is 1. The molecule has 0 bridgehead atoms. The summed E-state index contributed by atoms with van der Waals surface area (Å²) in [5.74, 6) is -0.399. The van der Waals surface area contributed by atoms with E-state index >= 15 is 0 Å². The highest BCUT2D eigenvalue weighted by Crippen LogP contribution is 2.39. The summed E-state index contributed by atoms with van der Waals surface area (Å²) in [4.78, 5) is 18.9. The van der Waals surface area contributed by atoms with Crippen molar-refractivity contribution in [2.24, 2.45) is 0 Å². The monoisotopic (exact) mass is 389 g/mol. The molecule has 0 saturated carbocycles. The first-order chi connectivity index (χ1) is 13.4. The second-order valence-corrected chi connectivity index (χ2v) is 6.80. The Labute approximate surface area is 158 Å². The number of fused-ring (bicyclic) bond motifs is 1. The molecule has 0 radical (unpaired) electrons. The summed E-state index contributed by atoms with van der Waals surface area (Å²) in [6.45, 7) is 0.460. The van der Waals surface area contributed by atoms with Crippen LogP contribution in [-0.2, 0) is 6.18 Å². The van der Waals surface area contributed by atoms with Gasteiger partial charge in [-0.2, -0.15) is 18.3 Å². The van der Waals surface area contributed by atoms with Gasteiger partial charge in [-0.15, -0.1) is 0 Å². The van der Waals surface area contributed by atoms with E-state index in [1.54, 1.807) is 35.2 Å². The smallest absolute Gasteiger partial charge is 0.383 e. The normalized spacial score (nSPS) is 17.8. The number of nitrogens with two attached hydrogens (primary N) is 1. The number of anilines is 1. The van der Waals surface area contributed by atoms with E-state index in [1.807, 2.05) is 0 Å². The molecule has 1 atom stereocenters. The minimum atomic E-state index is -4.61. The van der Waals surface area contributed by atoms with Gasteiger partial charge < -0.3 is 10.6 Å². The predicted octanol–water partition coefficient (Wildman–Crippen LogP) is 3.93. The molecule has 1 saturated heterocycles. The van der Waals surface area contributed by atoms with Crippen molar-refractivity contribution >= 4 is 22.8 Å². The molecular weight excluding hydrogens is 371 g/mol. The van der Waals surface area contributed by atoms with Gasteiger partial charge in [-0.05, 0) is 37.5 Å². The SMILES string of the molecule is Nc1[nH]nc2nc([C@@H]3CCCCN3C(=O)c3ccccc3)cc(C(F)(F)F)c12. The van der Waals surface area contributed by atoms with Crippen molar-refractivity contribution in [2.45, 2.75) is 31.5 Å². The molecular formula is C19H18F3N5O. The van der Waals surface area contributed by atoms with Crippen LogP contribution in [0.3, 0.4) is 0 Å². The van der Waals surface area contributed by atoms with E-state index < -0.39 is 17.8 Å². The molecule has 3 N–H and O–H groups in total. The molecule has 3 aromatic rings. The van der Waals surface area contributed by atoms with Gasteiger partial charge in [-0.25, -0.2) is 4.98 Å². The number of hydrogen-bond donors (Lipinski definition) is 2. The Morgan fingerprint density at radius 1 is 1.21 bits per heavy atom. The standard InChI is InChI=1S/C19H18F3N5O/c20-19(21,22)12-10-13(24-17-15(12)16(23)25-26-17)14-8-4-5-9-27(14)18(28)11-6-2-1-3-7-11/h1-3,6-7,10,14H,4-5,8-9H2,(H3,23,24,25,26)/t14-/m0/s1. The molecule has 28 heavy (non-hydrogen) atoms.